The number of carbonyl (C=O) groups is 2. The summed E-state index contributed by atoms with van der Waals surface area (Å²) in [7, 11) is 0. The second-order valence-corrected chi connectivity index (χ2v) is 4.47. The van der Waals surface area contributed by atoms with E-state index in [1.54, 1.807) is 0 Å². The highest BCUT2D eigenvalue weighted by atomic mass is 16.4. The summed E-state index contributed by atoms with van der Waals surface area (Å²) in [5.74, 6) is -0.671. The minimum Gasteiger partial charge on any atom is -0.409 e. The molecule has 0 aromatic rings. The summed E-state index contributed by atoms with van der Waals surface area (Å²) >= 11 is 0. The van der Waals surface area contributed by atoms with Crippen molar-refractivity contribution >= 4 is 17.6 Å². The number of carbonyl (C=O) groups excluding carboxylic acids is 2. The van der Waals surface area contributed by atoms with Gasteiger partial charge in [0.25, 0.3) is 0 Å². The Labute approximate surface area is 107 Å². The van der Waals surface area contributed by atoms with Crippen molar-refractivity contribution in [3.8, 4) is 0 Å². The van der Waals surface area contributed by atoms with Crippen molar-refractivity contribution in [2.45, 2.75) is 33.6 Å². The fourth-order valence-electron chi connectivity index (χ4n) is 1.10. The number of amidine groups is 1. The third-order valence-corrected chi connectivity index (χ3v) is 2.53. The molecule has 0 aromatic heterocycles. The molecule has 0 radical (unpaired) electrons. The van der Waals surface area contributed by atoms with E-state index in [1.807, 2.05) is 6.92 Å². The van der Waals surface area contributed by atoms with Crippen LogP contribution in [0.1, 0.15) is 33.6 Å². The number of oxime groups is 1. The van der Waals surface area contributed by atoms with Crippen LogP contribution < -0.4 is 16.4 Å². The van der Waals surface area contributed by atoms with Crippen LogP contribution in [0.2, 0.25) is 0 Å². The van der Waals surface area contributed by atoms with Crippen molar-refractivity contribution in [3.05, 3.63) is 0 Å². The second kappa shape index (κ2) is 7.52. The third kappa shape index (κ3) is 5.03. The van der Waals surface area contributed by atoms with Gasteiger partial charge in [0, 0.05) is 19.5 Å². The zero-order chi connectivity index (χ0) is 14.2. The van der Waals surface area contributed by atoms with Crippen molar-refractivity contribution < 1.29 is 14.8 Å². The molecule has 5 N–H and O–H groups in total. The zero-order valence-corrected chi connectivity index (χ0v) is 11.1. The summed E-state index contributed by atoms with van der Waals surface area (Å²) in [5.41, 5.74) is 4.31. The minimum absolute atomic E-state index is 0.112. The van der Waals surface area contributed by atoms with Gasteiger partial charge in [0.05, 0.1) is 0 Å². The van der Waals surface area contributed by atoms with E-state index in [-0.39, 0.29) is 30.6 Å². The van der Waals surface area contributed by atoms with E-state index in [2.05, 4.69) is 15.8 Å². The van der Waals surface area contributed by atoms with Crippen LogP contribution >= 0.6 is 0 Å². The monoisotopic (exact) mass is 258 g/mol. The van der Waals surface area contributed by atoms with Crippen LogP contribution in [0.5, 0.6) is 0 Å². The summed E-state index contributed by atoms with van der Waals surface area (Å²) < 4.78 is 0. The first-order chi connectivity index (χ1) is 8.36. The van der Waals surface area contributed by atoms with E-state index >= 15 is 0 Å². The van der Waals surface area contributed by atoms with Crippen molar-refractivity contribution in [2.24, 2.45) is 16.3 Å². The maximum Gasteiger partial charge on any atom is 0.233 e. The van der Waals surface area contributed by atoms with Crippen LogP contribution in [-0.4, -0.2) is 35.9 Å². The number of amides is 2. The highest BCUT2D eigenvalue weighted by Gasteiger charge is 2.32. The first kappa shape index (κ1) is 16.2. The van der Waals surface area contributed by atoms with Crippen LogP contribution in [0, 0.1) is 5.41 Å². The van der Waals surface area contributed by atoms with Crippen molar-refractivity contribution in [3.63, 3.8) is 0 Å². The van der Waals surface area contributed by atoms with Gasteiger partial charge in [-0.15, -0.1) is 0 Å². The average Bonchev–Trinajstić information content (AvgIpc) is 2.34. The Morgan fingerprint density at radius 1 is 1.28 bits per heavy atom. The van der Waals surface area contributed by atoms with Crippen LogP contribution in [0.25, 0.3) is 0 Å². The summed E-state index contributed by atoms with van der Waals surface area (Å²) in [5, 5.41) is 16.6. The molecule has 0 spiro atoms. The molecule has 18 heavy (non-hydrogen) atoms. The van der Waals surface area contributed by atoms with E-state index in [1.165, 1.54) is 13.8 Å². The number of hydrogen-bond donors (Lipinski definition) is 4. The van der Waals surface area contributed by atoms with E-state index < -0.39 is 5.41 Å². The quantitative estimate of drug-likeness (QED) is 0.219. The van der Waals surface area contributed by atoms with Gasteiger partial charge in [-0.1, -0.05) is 12.1 Å². The lowest BCUT2D eigenvalue weighted by Crippen LogP contribution is -2.46. The van der Waals surface area contributed by atoms with Crippen LogP contribution in [0.4, 0.5) is 0 Å². The van der Waals surface area contributed by atoms with E-state index in [4.69, 9.17) is 10.9 Å². The van der Waals surface area contributed by atoms with Gasteiger partial charge in [-0.2, -0.15) is 0 Å². The molecule has 0 atom stereocenters. The maximum atomic E-state index is 11.7. The predicted molar refractivity (Wildman–Crippen MR) is 68.1 cm³/mol. The summed E-state index contributed by atoms with van der Waals surface area (Å²) in [4.78, 5) is 23.0. The molecule has 104 valence electrons. The second-order valence-electron chi connectivity index (χ2n) is 4.47. The molecule has 0 aliphatic rings. The Balaban J connectivity index is 4.08. The van der Waals surface area contributed by atoms with Crippen LogP contribution in [0.3, 0.4) is 0 Å². The van der Waals surface area contributed by atoms with E-state index in [0.29, 0.717) is 6.54 Å². The molecule has 0 bridgehead atoms. The lowest BCUT2D eigenvalue weighted by Gasteiger charge is -2.21. The van der Waals surface area contributed by atoms with Crippen LogP contribution in [-0.2, 0) is 9.59 Å². The Morgan fingerprint density at radius 3 is 2.39 bits per heavy atom. The highest BCUT2D eigenvalue weighted by Crippen LogP contribution is 2.14. The predicted octanol–water partition coefficient (Wildman–Crippen LogP) is -0.208. The fraction of sp³-hybridized carbons (Fsp3) is 0.727. The molecule has 0 unspecified atom stereocenters. The Bertz CT molecular complexity index is 326. The van der Waals surface area contributed by atoms with Gasteiger partial charge in [-0.25, -0.2) is 0 Å². The molecule has 0 saturated carbocycles. The van der Waals surface area contributed by atoms with Crippen molar-refractivity contribution in [1.29, 1.82) is 0 Å². The Morgan fingerprint density at radius 2 is 1.89 bits per heavy atom. The van der Waals surface area contributed by atoms with Gasteiger partial charge in [-0.3, -0.25) is 9.59 Å². The first-order valence-electron chi connectivity index (χ1n) is 5.89. The molecule has 0 aliphatic carbocycles. The average molecular weight is 258 g/mol. The molecular weight excluding hydrogens is 236 g/mol. The third-order valence-electron chi connectivity index (χ3n) is 2.53. The standard InChI is InChI=1S/C11H22N4O3/c1-4-6-13-8(16)5-7-14-10(17)11(2,3)9(12)15-18/h18H,4-7H2,1-3H3,(H2,12,15)(H,13,16)(H,14,17). The first-order valence-corrected chi connectivity index (χ1v) is 5.89. The number of nitrogens with two attached hydrogens (primary N) is 1. The smallest absolute Gasteiger partial charge is 0.233 e. The fourth-order valence-corrected chi connectivity index (χ4v) is 1.10. The Kier molecular flexibility index (Phi) is 6.77. The van der Waals surface area contributed by atoms with Gasteiger partial charge in [0.15, 0.2) is 5.84 Å². The van der Waals surface area contributed by atoms with Crippen molar-refractivity contribution in [2.75, 3.05) is 13.1 Å². The number of hydrogen-bond acceptors (Lipinski definition) is 4. The largest absolute Gasteiger partial charge is 0.409 e. The number of rotatable bonds is 7. The number of nitrogens with zero attached hydrogens (tertiary/aromatic N) is 1. The van der Waals surface area contributed by atoms with Crippen LogP contribution in [0.15, 0.2) is 5.16 Å². The molecule has 0 heterocycles. The van der Waals surface area contributed by atoms with Gasteiger partial charge >= 0.3 is 0 Å². The molecule has 0 fully saturated rings. The molecule has 0 rings (SSSR count). The molecule has 7 heteroatoms. The Hall–Kier alpha value is -1.79. The molecule has 0 aromatic carbocycles. The molecule has 0 saturated heterocycles. The van der Waals surface area contributed by atoms with Gasteiger partial charge in [0.1, 0.15) is 5.41 Å². The number of nitrogens with one attached hydrogen (secondary N) is 2. The molecule has 2 amide bonds. The summed E-state index contributed by atoms with van der Waals surface area (Å²) in [6, 6.07) is 0. The summed E-state index contributed by atoms with van der Waals surface area (Å²) in [6.07, 6.45) is 1.08. The van der Waals surface area contributed by atoms with E-state index in [9.17, 15) is 9.59 Å². The summed E-state index contributed by atoms with van der Waals surface area (Å²) in [6.45, 7) is 5.88. The lowest BCUT2D eigenvalue weighted by atomic mass is 9.91. The molecule has 7 nitrogen and oxygen atoms in total. The van der Waals surface area contributed by atoms with Crippen molar-refractivity contribution in [1.82, 2.24) is 10.6 Å². The SMILES string of the molecule is CCCNC(=O)CCNC(=O)C(C)(C)C(N)=NO. The van der Waals surface area contributed by atoms with Gasteiger partial charge < -0.3 is 21.6 Å². The van der Waals surface area contributed by atoms with E-state index in [0.717, 1.165) is 6.42 Å². The highest BCUT2D eigenvalue weighted by molar-refractivity contribution is 6.05. The minimum atomic E-state index is -1.10. The molecular formula is C11H22N4O3. The molecule has 0 aliphatic heterocycles. The van der Waals surface area contributed by atoms with Gasteiger partial charge in [0.2, 0.25) is 11.8 Å². The zero-order valence-electron chi connectivity index (χ0n) is 11.1. The topological polar surface area (TPSA) is 117 Å². The van der Waals surface area contributed by atoms with Gasteiger partial charge in [-0.05, 0) is 20.3 Å². The lowest BCUT2D eigenvalue weighted by molar-refractivity contribution is -0.126. The maximum absolute atomic E-state index is 11.7. The normalized spacial score (nSPS) is 12.1.